The minimum absolute atomic E-state index is 0.534. The molecule has 0 saturated carbocycles. The van der Waals surface area contributed by atoms with E-state index in [2.05, 4.69) is 18.0 Å². The largest absolute Gasteiger partial charge is 0.486 e. The van der Waals surface area contributed by atoms with Crippen LogP contribution in [0.4, 0.5) is 0 Å². The van der Waals surface area contributed by atoms with Crippen LogP contribution in [0, 0.1) is 0 Å². The van der Waals surface area contributed by atoms with Gasteiger partial charge in [-0.25, -0.2) is 4.98 Å². The van der Waals surface area contributed by atoms with E-state index in [0.717, 1.165) is 23.6 Å². The monoisotopic (exact) mass is 262 g/mol. The predicted molar refractivity (Wildman–Crippen MR) is 75.0 cm³/mol. The maximum absolute atomic E-state index is 5.82. The van der Waals surface area contributed by atoms with Crippen molar-refractivity contribution in [2.24, 2.45) is 5.73 Å². The molecule has 1 aromatic heterocycles. The zero-order valence-electron chi connectivity index (χ0n) is 10.6. The lowest BCUT2D eigenvalue weighted by molar-refractivity contribution is 0.302. The van der Waals surface area contributed by atoms with Crippen LogP contribution in [0.1, 0.15) is 22.4 Å². The summed E-state index contributed by atoms with van der Waals surface area (Å²) in [5, 5.41) is 1.00. The minimum atomic E-state index is 0.534. The predicted octanol–water partition coefficient (Wildman–Crippen LogP) is 2.79. The second-order valence-electron chi connectivity index (χ2n) is 4.01. The van der Waals surface area contributed by atoms with Crippen molar-refractivity contribution >= 4 is 11.3 Å². The van der Waals surface area contributed by atoms with Gasteiger partial charge in [0.1, 0.15) is 17.4 Å². The first-order valence-electron chi connectivity index (χ1n) is 6.17. The molecule has 3 nitrogen and oxygen atoms in total. The Kier molecular flexibility index (Phi) is 4.73. The number of nitrogens with zero attached hydrogens (tertiary/aromatic N) is 1. The van der Waals surface area contributed by atoms with E-state index in [1.54, 1.807) is 11.3 Å². The zero-order valence-corrected chi connectivity index (χ0v) is 11.4. The van der Waals surface area contributed by atoms with Gasteiger partial charge in [0.05, 0.1) is 0 Å². The first kappa shape index (κ1) is 13.1. The smallest absolute Gasteiger partial charge is 0.140 e. The molecule has 1 heterocycles. The first-order chi connectivity index (χ1) is 8.83. The molecule has 0 aliphatic heterocycles. The third-order valence-corrected chi connectivity index (χ3v) is 3.73. The van der Waals surface area contributed by atoms with Crippen LogP contribution < -0.4 is 10.5 Å². The Morgan fingerprint density at radius 3 is 2.94 bits per heavy atom. The molecule has 0 saturated heterocycles. The van der Waals surface area contributed by atoms with Crippen molar-refractivity contribution in [1.82, 2.24) is 4.98 Å². The fourth-order valence-corrected chi connectivity index (χ4v) is 2.60. The van der Waals surface area contributed by atoms with Crippen molar-refractivity contribution in [3.8, 4) is 5.75 Å². The number of nitrogens with two attached hydrogens (primary N) is 1. The van der Waals surface area contributed by atoms with Crippen LogP contribution in [0.3, 0.4) is 0 Å². The number of ether oxygens (including phenoxy) is 1. The molecular weight excluding hydrogens is 244 g/mol. The third kappa shape index (κ3) is 3.31. The Balaban J connectivity index is 1.97. The van der Waals surface area contributed by atoms with Gasteiger partial charge in [-0.3, -0.25) is 0 Å². The van der Waals surface area contributed by atoms with E-state index >= 15 is 0 Å². The molecule has 2 rings (SSSR count). The number of aromatic nitrogens is 1. The minimum Gasteiger partial charge on any atom is -0.486 e. The van der Waals surface area contributed by atoms with E-state index in [1.165, 1.54) is 10.4 Å². The lowest BCUT2D eigenvalue weighted by Crippen LogP contribution is -2.00. The second kappa shape index (κ2) is 6.52. The molecule has 0 unspecified atom stereocenters. The summed E-state index contributed by atoms with van der Waals surface area (Å²) < 4.78 is 5.82. The van der Waals surface area contributed by atoms with Crippen LogP contribution in [0.5, 0.6) is 5.75 Å². The van der Waals surface area contributed by atoms with Gasteiger partial charge >= 0.3 is 0 Å². The normalized spacial score (nSPS) is 10.6. The molecule has 2 N–H and O–H groups in total. The van der Waals surface area contributed by atoms with Gasteiger partial charge in [-0.15, -0.1) is 11.3 Å². The van der Waals surface area contributed by atoms with Crippen molar-refractivity contribution in [1.29, 1.82) is 0 Å². The SMILES string of the molecule is CCc1ccccc1OCc1ncc(CCN)s1. The van der Waals surface area contributed by atoms with Crippen molar-refractivity contribution < 1.29 is 4.74 Å². The van der Waals surface area contributed by atoms with Crippen molar-refractivity contribution in [2.75, 3.05) is 6.54 Å². The van der Waals surface area contributed by atoms with Gasteiger partial charge in [0.25, 0.3) is 0 Å². The highest BCUT2D eigenvalue weighted by Crippen LogP contribution is 2.21. The topological polar surface area (TPSA) is 48.1 Å². The average Bonchev–Trinajstić information content (AvgIpc) is 2.85. The van der Waals surface area contributed by atoms with Crippen molar-refractivity contribution in [3.63, 3.8) is 0 Å². The molecule has 0 amide bonds. The van der Waals surface area contributed by atoms with Crippen LogP contribution in [0.25, 0.3) is 0 Å². The Morgan fingerprint density at radius 1 is 1.33 bits per heavy atom. The van der Waals surface area contributed by atoms with Crippen molar-refractivity contribution in [2.45, 2.75) is 26.4 Å². The highest BCUT2D eigenvalue weighted by Gasteiger charge is 2.04. The van der Waals surface area contributed by atoms with E-state index in [0.29, 0.717) is 13.2 Å². The summed E-state index contributed by atoms with van der Waals surface area (Å²) in [4.78, 5) is 5.57. The van der Waals surface area contributed by atoms with E-state index in [9.17, 15) is 0 Å². The molecule has 0 fully saturated rings. The second-order valence-corrected chi connectivity index (χ2v) is 5.21. The van der Waals surface area contributed by atoms with Gasteiger partial charge in [0.15, 0.2) is 0 Å². The fraction of sp³-hybridized carbons (Fsp3) is 0.357. The summed E-state index contributed by atoms with van der Waals surface area (Å²) in [6.07, 6.45) is 3.76. The summed E-state index contributed by atoms with van der Waals surface area (Å²) in [5.41, 5.74) is 6.75. The highest BCUT2D eigenvalue weighted by molar-refractivity contribution is 7.11. The average molecular weight is 262 g/mol. The summed E-state index contributed by atoms with van der Waals surface area (Å²) in [6.45, 7) is 3.33. The fourth-order valence-electron chi connectivity index (χ4n) is 1.75. The standard InChI is InChI=1S/C14H18N2OS/c1-2-11-5-3-4-6-13(11)17-10-14-16-9-12(18-14)7-8-15/h3-6,9H,2,7-8,10,15H2,1H3. The lowest BCUT2D eigenvalue weighted by Gasteiger charge is -2.08. The number of thiazole rings is 1. The summed E-state index contributed by atoms with van der Waals surface area (Å²) in [7, 11) is 0. The highest BCUT2D eigenvalue weighted by atomic mass is 32.1. The van der Waals surface area contributed by atoms with E-state index in [1.807, 2.05) is 24.4 Å². The molecule has 1 aromatic carbocycles. The first-order valence-corrected chi connectivity index (χ1v) is 6.99. The van der Waals surface area contributed by atoms with E-state index in [-0.39, 0.29) is 0 Å². The Morgan fingerprint density at radius 2 is 2.17 bits per heavy atom. The van der Waals surface area contributed by atoms with E-state index < -0.39 is 0 Å². The summed E-state index contributed by atoms with van der Waals surface area (Å²) in [6, 6.07) is 8.13. The van der Waals surface area contributed by atoms with E-state index in [4.69, 9.17) is 10.5 Å². The summed E-state index contributed by atoms with van der Waals surface area (Å²) >= 11 is 1.67. The zero-order chi connectivity index (χ0) is 12.8. The Hall–Kier alpha value is -1.39. The van der Waals surface area contributed by atoms with Crippen LogP contribution >= 0.6 is 11.3 Å². The van der Waals surface area contributed by atoms with Gasteiger partial charge in [-0.1, -0.05) is 25.1 Å². The maximum atomic E-state index is 5.82. The molecule has 0 aliphatic rings. The molecule has 0 aliphatic carbocycles. The molecule has 0 radical (unpaired) electrons. The third-order valence-electron chi connectivity index (χ3n) is 2.70. The van der Waals surface area contributed by atoms with Crippen LogP contribution in [0.15, 0.2) is 30.5 Å². The van der Waals surface area contributed by atoms with Crippen LogP contribution in [-0.4, -0.2) is 11.5 Å². The number of para-hydroxylation sites is 1. The molecule has 0 bridgehead atoms. The van der Waals surface area contributed by atoms with Crippen LogP contribution in [0.2, 0.25) is 0 Å². The molecule has 18 heavy (non-hydrogen) atoms. The number of aryl methyl sites for hydroxylation is 1. The molecule has 2 aromatic rings. The molecule has 0 atom stereocenters. The maximum Gasteiger partial charge on any atom is 0.140 e. The number of hydrogen-bond donors (Lipinski definition) is 1. The number of benzene rings is 1. The molecule has 0 spiro atoms. The molecular formula is C14H18N2OS. The van der Waals surface area contributed by atoms with Gasteiger partial charge in [-0.2, -0.15) is 0 Å². The molecule has 96 valence electrons. The lowest BCUT2D eigenvalue weighted by atomic mass is 10.1. The van der Waals surface area contributed by atoms with Gasteiger partial charge in [0.2, 0.25) is 0 Å². The Bertz CT molecular complexity index is 496. The number of rotatable bonds is 6. The quantitative estimate of drug-likeness (QED) is 0.871. The molecule has 4 heteroatoms. The van der Waals surface area contributed by atoms with Crippen LogP contribution in [-0.2, 0) is 19.4 Å². The van der Waals surface area contributed by atoms with Gasteiger partial charge in [0, 0.05) is 11.1 Å². The Labute approximate surface area is 112 Å². The van der Waals surface area contributed by atoms with Gasteiger partial charge < -0.3 is 10.5 Å². The summed E-state index contributed by atoms with van der Waals surface area (Å²) in [5.74, 6) is 0.954. The number of hydrogen-bond acceptors (Lipinski definition) is 4. The van der Waals surface area contributed by atoms with Gasteiger partial charge in [-0.05, 0) is 31.0 Å². The van der Waals surface area contributed by atoms with Crippen molar-refractivity contribution in [3.05, 3.63) is 45.9 Å².